The van der Waals surface area contributed by atoms with E-state index in [-0.39, 0.29) is 11.9 Å². The maximum atomic E-state index is 11.8. The number of nitrogens with zero attached hydrogens (tertiary/aromatic N) is 2. The van der Waals surface area contributed by atoms with Crippen molar-refractivity contribution in [3.05, 3.63) is 18.2 Å². The lowest BCUT2D eigenvalue weighted by atomic mass is 10.2. The number of rotatable bonds is 5. The molecule has 1 atom stereocenters. The van der Waals surface area contributed by atoms with Crippen molar-refractivity contribution in [2.75, 3.05) is 30.8 Å². The largest absolute Gasteiger partial charge is 0.370 e. The molecule has 1 aromatic rings. The lowest BCUT2D eigenvalue weighted by molar-refractivity contribution is -0.127. The molecule has 1 amide bonds. The highest BCUT2D eigenvalue weighted by atomic mass is 16.2. The molecular formula is C13H20N4O. The van der Waals surface area contributed by atoms with Crippen LogP contribution in [-0.4, -0.2) is 42.0 Å². The first kappa shape index (κ1) is 12.7. The van der Waals surface area contributed by atoms with Gasteiger partial charge in [-0.1, -0.05) is 13.0 Å². The second-order valence-corrected chi connectivity index (χ2v) is 4.58. The Labute approximate surface area is 108 Å². The highest BCUT2D eigenvalue weighted by Gasteiger charge is 2.28. The summed E-state index contributed by atoms with van der Waals surface area (Å²) >= 11 is 0. The third kappa shape index (κ3) is 2.91. The molecule has 2 rings (SSSR count). The Morgan fingerprint density at radius 1 is 1.44 bits per heavy atom. The number of nitrogens with one attached hydrogen (secondary N) is 2. The van der Waals surface area contributed by atoms with Gasteiger partial charge in [0, 0.05) is 20.1 Å². The standard InChI is InChI=1S/C13H20N4O/c1-3-8-14-11-5-4-6-12(16-11)15-10-7-9-17(2)13(10)18/h4-6,10H,3,7-9H2,1-2H3,(H2,14,15,16). The number of anilines is 2. The maximum absolute atomic E-state index is 11.8. The molecule has 1 aliphatic heterocycles. The topological polar surface area (TPSA) is 57.3 Å². The molecule has 0 aromatic carbocycles. The van der Waals surface area contributed by atoms with Gasteiger partial charge in [-0.05, 0) is 25.0 Å². The highest BCUT2D eigenvalue weighted by molar-refractivity contribution is 5.86. The number of likely N-dealkylation sites (N-methyl/N-ethyl adjacent to an activating group) is 1. The summed E-state index contributed by atoms with van der Waals surface area (Å²) in [5.74, 6) is 1.74. The summed E-state index contributed by atoms with van der Waals surface area (Å²) in [4.78, 5) is 18.0. The summed E-state index contributed by atoms with van der Waals surface area (Å²) in [6, 6.07) is 5.63. The summed E-state index contributed by atoms with van der Waals surface area (Å²) in [5.41, 5.74) is 0. The fourth-order valence-electron chi connectivity index (χ4n) is 2.00. The minimum atomic E-state index is -0.135. The van der Waals surface area contributed by atoms with Crippen molar-refractivity contribution in [3.63, 3.8) is 0 Å². The molecule has 0 saturated carbocycles. The number of carbonyl (C=O) groups is 1. The van der Waals surface area contributed by atoms with Crippen molar-refractivity contribution >= 4 is 17.5 Å². The quantitative estimate of drug-likeness (QED) is 0.830. The second kappa shape index (κ2) is 5.71. The number of pyridine rings is 1. The molecule has 2 heterocycles. The van der Waals surface area contributed by atoms with Crippen LogP contribution in [0.3, 0.4) is 0 Å². The predicted octanol–water partition coefficient (Wildman–Crippen LogP) is 1.55. The van der Waals surface area contributed by atoms with E-state index in [1.807, 2.05) is 25.2 Å². The molecule has 0 radical (unpaired) electrons. The zero-order valence-electron chi connectivity index (χ0n) is 10.9. The van der Waals surface area contributed by atoms with Gasteiger partial charge in [0.25, 0.3) is 0 Å². The lowest BCUT2D eigenvalue weighted by Gasteiger charge is -2.13. The van der Waals surface area contributed by atoms with Gasteiger partial charge in [0.05, 0.1) is 0 Å². The molecule has 5 nitrogen and oxygen atoms in total. The first-order chi connectivity index (χ1) is 8.70. The second-order valence-electron chi connectivity index (χ2n) is 4.58. The maximum Gasteiger partial charge on any atom is 0.244 e. The number of likely N-dealkylation sites (tertiary alicyclic amines) is 1. The van der Waals surface area contributed by atoms with Crippen molar-refractivity contribution < 1.29 is 4.79 Å². The Morgan fingerprint density at radius 3 is 2.89 bits per heavy atom. The molecule has 18 heavy (non-hydrogen) atoms. The Hall–Kier alpha value is -1.78. The van der Waals surface area contributed by atoms with Crippen LogP contribution in [-0.2, 0) is 4.79 Å². The normalized spacial score (nSPS) is 19.1. The minimum absolute atomic E-state index is 0.135. The van der Waals surface area contributed by atoms with Crippen LogP contribution in [0.1, 0.15) is 19.8 Å². The SMILES string of the molecule is CCCNc1cccc(NC2CCN(C)C2=O)n1. The Bertz CT molecular complexity index is 421. The van der Waals surface area contributed by atoms with Crippen LogP contribution in [0.15, 0.2) is 18.2 Å². The van der Waals surface area contributed by atoms with Crippen molar-refractivity contribution in [2.45, 2.75) is 25.8 Å². The van der Waals surface area contributed by atoms with E-state index < -0.39 is 0 Å². The zero-order chi connectivity index (χ0) is 13.0. The monoisotopic (exact) mass is 248 g/mol. The predicted molar refractivity (Wildman–Crippen MR) is 72.7 cm³/mol. The van der Waals surface area contributed by atoms with Gasteiger partial charge in [-0.15, -0.1) is 0 Å². The molecule has 0 bridgehead atoms. The molecule has 0 aliphatic carbocycles. The summed E-state index contributed by atoms with van der Waals surface area (Å²) < 4.78 is 0. The van der Waals surface area contributed by atoms with Gasteiger partial charge in [0.2, 0.25) is 5.91 Å². The summed E-state index contributed by atoms with van der Waals surface area (Å²) in [5, 5.41) is 6.43. The van der Waals surface area contributed by atoms with Gasteiger partial charge in [0.1, 0.15) is 17.7 Å². The van der Waals surface area contributed by atoms with Gasteiger partial charge in [-0.3, -0.25) is 4.79 Å². The number of amides is 1. The van der Waals surface area contributed by atoms with E-state index in [2.05, 4.69) is 22.5 Å². The number of hydrogen-bond acceptors (Lipinski definition) is 4. The molecule has 1 aliphatic rings. The Kier molecular flexibility index (Phi) is 4.02. The zero-order valence-corrected chi connectivity index (χ0v) is 10.9. The highest BCUT2D eigenvalue weighted by Crippen LogP contribution is 2.16. The molecule has 5 heteroatoms. The van der Waals surface area contributed by atoms with Crippen LogP contribution in [0.4, 0.5) is 11.6 Å². The fourth-order valence-corrected chi connectivity index (χ4v) is 2.00. The van der Waals surface area contributed by atoms with E-state index in [1.165, 1.54) is 0 Å². The molecule has 98 valence electrons. The average molecular weight is 248 g/mol. The number of aromatic nitrogens is 1. The van der Waals surface area contributed by atoms with Crippen molar-refractivity contribution in [2.24, 2.45) is 0 Å². The minimum Gasteiger partial charge on any atom is -0.370 e. The van der Waals surface area contributed by atoms with E-state index in [0.29, 0.717) is 0 Å². The molecule has 2 N–H and O–H groups in total. The lowest BCUT2D eigenvalue weighted by Crippen LogP contribution is -2.31. The van der Waals surface area contributed by atoms with E-state index >= 15 is 0 Å². The van der Waals surface area contributed by atoms with Crippen molar-refractivity contribution in [1.82, 2.24) is 9.88 Å². The van der Waals surface area contributed by atoms with Gasteiger partial charge < -0.3 is 15.5 Å². The third-order valence-electron chi connectivity index (χ3n) is 3.05. The van der Waals surface area contributed by atoms with Crippen LogP contribution >= 0.6 is 0 Å². The summed E-state index contributed by atoms with van der Waals surface area (Å²) in [7, 11) is 1.83. The van der Waals surface area contributed by atoms with E-state index in [1.54, 1.807) is 4.90 Å². The van der Waals surface area contributed by atoms with Gasteiger partial charge in [-0.2, -0.15) is 0 Å². The average Bonchev–Trinajstić information content (AvgIpc) is 2.69. The van der Waals surface area contributed by atoms with Crippen molar-refractivity contribution in [1.29, 1.82) is 0 Å². The molecule has 1 fully saturated rings. The Morgan fingerprint density at radius 2 is 2.22 bits per heavy atom. The van der Waals surface area contributed by atoms with Crippen LogP contribution in [0.5, 0.6) is 0 Å². The number of carbonyl (C=O) groups excluding carboxylic acids is 1. The van der Waals surface area contributed by atoms with Crippen LogP contribution in [0.2, 0.25) is 0 Å². The Balaban J connectivity index is 1.99. The third-order valence-corrected chi connectivity index (χ3v) is 3.05. The van der Waals surface area contributed by atoms with Crippen LogP contribution in [0.25, 0.3) is 0 Å². The molecule has 1 aromatic heterocycles. The molecule has 1 unspecified atom stereocenters. The van der Waals surface area contributed by atoms with E-state index in [4.69, 9.17) is 0 Å². The summed E-state index contributed by atoms with van der Waals surface area (Å²) in [6.07, 6.45) is 1.90. The first-order valence-electron chi connectivity index (χ1n) is 6.43. The van der Waals surface area contributed by atoms with Crippen LogP contribution < -0.4 is 10.6 Å². The van der Waals surface area contributed by atoms with E-state index in [9.17, 15) is 4.79 Å². The smallest absolute Gasteiger partial charge is 0.244 e. The number of hydrogen-bond donors (Lipinski definition) is 2. The van der Waals surface area contributed by atoms with Gasteiger partial charge in [0.15, 0.2) is 0 Å². The summed E-state index contributed by atoms with van der Waals surface area (Å²) in [6.45, 7) is 3.83. The molecule has 1 saturated heterocycles. The molecule has 0 spiro atoms. The molecular weight excluding hydrogens is 228 g/mol. The first-order valence-corrected chi connectivity index (χ1v) is 6.43. The van der Waals surface area contributed by atoms with E-state index in [0.717, 1.165) is 37.6 Å². The van der Waals surface area contributed by atoms with Gasteiger partial charge >= 0.3 is 0 Å². The van der Waals surface area contributed by atoms with Crippen LogP contribution in [0, 0.1) is 0 Å². The van der Waals surface area contributed by atoms with Gasteiger partial charge in [-0.25, -0.2) is 4.98 Å². The fraction of sp³-hybridized carbons (Fsp3) is 0.538. The van der Waals surface area contributed by atoms with Crippen molar-refractivity contribution in [3.8, 4) is 0 Å².